The van der Waals surface area contributed by atoms with Gasteiger partial charge in [0.25, 0.3) is 0 Å². The fraction of sp³-hybridized carbons (Fsp3) is 0.231. The summed E-state index contributed by atoms with van der Waals surface area (Å²) >= 11 is 5.88. The second kappa shape index (κ2) is 11.0. The number of Topliss-reactive ketones (excluding diaryl/α,β-unsaturated/α-hetero) is 1. The number of nitrogens with one attached hydrogen (secondary N) is 4. The van der Waals surface area contributed by atoms with Crippen molar-refractivity contribution >= 4 is 63.5 Å². The van der Waals surface area contributed by atoms with Crippen LogP contribution in [0.5, 0.6) is 0 Å². The van der Waals surface area contributed by atoms with Gasteiger partial charge in [-0.3, -0.25) is 24.4 Å². The molecule has 0 atom stereocenters. The molecule has 0 spiro atoms. The third-order valence-electron chi connectivity index (χ3n) is 6.08. The third-order valence-corrected chi connectivity index (χ3v) is 6.29. The first-order valence-corrected chi connectivity index (χ1v) is 12.6. The molecule has 1 aliphatic rings. The van der Waals surface area contributed by atoms with Crippen LogP contribution in [0.4, 0.5) is 22.1 Å². The Labute approximate surface area is 227 Å². The molecule has 1 fully saturated rings. The van der Waals surface area contributed by atoms with Gasteiger partial charge < -0.3 is 20.5 Å². The minimum atomic E-state index is -0.463. The lowest BCUT2D eigenvalue weighted by molar-refractivity contribution is -0.135. The molecule has 0 radical (unpaired) electrons. The summed E-state index contributed by atoms with van der Waals surface area (Å²) in [7, 11) is 0. The molecule has 200 valence electrons. The van der Waals surface area contributed by atoms with Gasteiger partial charge in [0.05, 0.1) is 5.52 Å². The van der Waals surface area contributed by atoms with Crippen molar-refractivity contribution in [1.29, 1.82) is 0 Å². The van der Waals surface area contributed by atoms with E-state index in [4.69, 9.17) is 11.6 Å². The predicted molar refractivity (Wildman–Crippen MR) is 146 cm³/mol. The minimum Gasteiger partial charge on any atom is -0.348 e. The summed E-state index contributed by atoms with van der Waals surface area (Å²) in [4.78, 5) is 59.1. The smallest absolute Gasteiger partial charge is 0.324 e. The first-order valence-electron chi connectivity index (χ1n) is 12.2. The van der Waals surface area contributed by atoms with Gasteiger partial charge in [0.1, 0.15) is 35.6 Å². The van der Waals surface area contributed by atoms with E-state index in [1.54, 1.807) is 54.7 Å². The van der Waals surface area contributed by atoms with Gasteiger partial charge in [0.15, 0.2) is 5.78 Å². The lowest BCUT2D eigenvalue weighted by Crippen LogP contribution is -2.41. The molecule has 3 heterocycles. The number of halogens is 1. The van der Waals surface area contributed by atoms with Crippen LogP contribution in [0, 0.1) is 0 Å². The van der Waals surface area contributed by atoms with Gasteiger partial charge in [-0.2, -0.15) is 5.10 Å². The van der Waals surface area contributed by atoms with E-state index >= 15 is 0 Å². The van der Waals surface area contributed by atoms with Gasteiger partial charge in [-0.25, -0.2) is 9.78 Å². The highest BCUT2D eigenvalue weighted by molar-refractivity contribution is 6.29. The molecule has 4 N–H and O–H groups in total. The number of anilines is 3. The molecular formula is C26H25ClN8O4. The first kappa shape index (κ1) is 25.9. The zero-order valence-corrected chi connectivity index (χ0v) is 21.7. The summed E-state index contributed by atoms with van der Waals surface area (Å²) in [5, 5.41) is 13.2. The van der Waals surface area contributed by atoms with Gasteiger partial charge in [-0.05, 0) is 55.3 Å². The Morgan fingerprint density at radius 2 is 1.90 bits per heavy atom. The van der Waals surface area contributed by atoms with E-state index in [0.29, 0.717) is 28.2 Å². The van der Waals surface area contributed by atoms with Gasteiger partial charge in [-0.15, -0.1) is 0 Å². The highest BCUT2D eigenvalue weighted by Crippen LogP contribution is 2.28. The van der Waals surface area contributed by atoms with Crippen molar-refractivity contribution in [1.82, 2.24) is 24.6 Å². The molecule has 4 aromatic rings. The molecule has 0 saturated heterocycles. The Hall–Kier alpha value is -4.71. The van der Waals surface area contributed by atoms with Crippen molar-refractivity contribution in [2.24, 2.45) is 0 Å². The van der Waals surface area contributed by atoms with E-state index in [1.807, 2.05) is 0 Å². The second-order valence-corrected chi connectivity index (χ2v) is 9.49. The van der Waals surface area contributed by atoms with E-state index in [0.717, 1.165) is 12.8 Å². The van der Waals surface area contributed by atoms with Crippen molar-refractivity contribution in [2.75, 3.05) is 22.5 Å². The zero-order valence-electron chi connectivity index (χ0n) is 20.9. The van der Waals surface area contributed by atoms with Crippen LogP contribution in [0.1, 0.15) is 30.3 Å². The Morgan fingerprint density at radius 1 is 1.08 bits per heavy atom. The average Bonchev–Trinajstić information content (AvgIpc) is 3.48. The van der Waals surface area contributed by atoms with Crippen molar-refractivity contribution in [3.8, 4) is 0 Å². The number of carbonyl (C=O) groups excluding carboxylic acids is 4. The topological polar surface area (TPSA) is 154 Å². The number of rotatable bonds is 9. The lowest BCUT2D eigenvalue weighted by atomic mass is 10.1. The van der Waals surface area contributed by atoms with E-state index in [2.05, 4.69) is 31.0 Å². The van der Waals surface area contributed by atoms with Crippen molar-refractivity contribution < 1.29 is 19.2 Å². The number of H-pyrrole nitrogens is 1. The number of carbonyl (C=O) groups is 4. The number of aromatic amines is 1. The molecule has 0 bridgehead atoms. The molecule has 13 heteroatoms. The first-order chi connectivity index (χ1) is 18.8. The number of hydrogen-bond donors (Lipinski definition) is 4. The Kier molecular flexibility index (Phi) is 7.28. The van der Waals surface area contributed by atoms with Gasteiger partial charge in [0.2, 0.25) is 11.8 Å². The highest BCUT2D eigenvalue weighted by Gasteiger charge is 2.34. The minimum absolute atomic E-state index is 0.0429. The number of fused-ring (bicyclic) bond motifs is 1. The van der Waals surface area contributed by atoms with E-state index in [1.165, 1.54) is 16.5 Å². The standard InChI is InChI=1S/C26H25ClN8O4/c1-15(36)25-18-12-16(29-26(39)32-21-6-3-11-28-21)7-10-19(18)35(33-25)14-24(38)34(17-8-9-17)13-23(37)31-22-5-2-4-20(27)30-22/h2-7,10-12,17,28H,8-9,13-14H2,1H3,(H2,29,32,39)(H,30,31,37). The Balaban J connectivity index is 1.31. The van der Waals surface area contributed by atoms with Crippen LogP contribution in [0.15, 0.2) is 54.7 Å². The maximum absolute atomic E-state index is 13.3. The summed E-state index contributed by atoms with van der Waals surface area (Å²) in [6, 6.07) is 12.8. The lowest BCUT2D eigenvalue weighted by Gasteiger charge is -2.22. The van der Waals surface area contributed by atoms with Gasteiger partial charge in [0, 0.05) is 30.2 Å². The number of pyridine rings is 1. The van der Waals surface area contributed by atoms with Crippen molar-refractivity contribution in [3.05, 3.63) is 65.6 Å². The zero-order chi connectivity index (χ0) is 27.5. The fourth-order valence-corrected chi connectivity index (χ4v) is 4.34. The van der Waals surface area contributed by atoms with E-state index in [-0.39, 0.29) is 41.7 Å². The fourth-order valence-electron chi connectivity index (χ4n) is 4.17. The quantitative estimate of drug-likeness (QED) is 0.184. The highest BCUT2D eigenvalue weighted by atomic mass is 35.5. The molecule has 0 unspecified atom stereocenters. The van der Waals surface area contributed by atoms with E-state index in [9.17, 15) is 19.2 Å². The number of benzene rings is 1. The van der Waals surface area contributed by atoms with Crippen LogP contribution in [0.3, 0.4) is 0 Å². The average molecular weight is 549 g/mol. The number of urea groups is 1. The molecular weight excluding hydrogens is 524 g/mol. The number of nitrogens with zero attached hydrogens (tertiary/aromatic N) is 4. The largest absolute Gasteiger partial charge is 0.348 e. The molecule has 1 saturated carbocycles. The van der Waals surface area contributed by atoms with Gasteiger partial charge >= 0.3 is 6.03 Å². The number of hydrogen-bond acceptors (Lipinski definition) is 6. The molecule has 39 heavy (non-hydrogen) atoms. The summed E-state index contributed by atoms with van der Waals surface area (Å²) in [5.41, 5.74) is 1.17. The second-order valence-electron chi connectivity index (χ2n) is 9.10. The molecule has 5 rings (SSSR count). The molecule has 1 aromatic carbocycles. The summed E-state index contributed by atoms with van der Waals surface area (Å²) < 4.78 is 1.45. The van der Waals surface area contributed by atoms with Crippen LogP contribution in [-0.4, -0.2) is 60.9 Å². The Bertz CT molecular complexity index is 1560. The van der Waals surface area contributed by atoms with Crippen LogP contribution in [0.2, 0.25) is 5.15 Å². The van der Waals surface area contributed by atoms with Crippen LogP contribution < -0.4 is 16.0 Å². The number of amides is 4. The maximum atomic E-state index is 13.3. The molecule has 4 amide bonds. The van der Waals surface area contributed by atoms with Crippen LogP contribution in [0.25, 0.3) is 10.9 Å². The van der Waals surface area contributed by atoms with Crippen molar-refractivity contribution in [2.45, 2.75) is 32.4 Å². The molecule has 0 aliphatic heterocycles. The molecule has 1 aliphatic carbocycles. The summed E-state index contributed by atoms with van der Waals surface area (Å²) in [5.74, 6) is -0.161. The Morgan fingerprint density at radius 3 is 2.59 bits per heavy atom. The number of aromatic nitrogens is 4. The summed E-state index contributed by atoms with van der Waals surface area (Å²) in [6.07, 6.45) is 3.28. The number of ketones is 1. The molecule has 12 nitrogen and oxygen atoms in total. The van der Waals surface area contributed by atoms with Crippen LogP contribution >= 0.6 is 11.6 Å². The monoisotopic (exact) mass is 548 g/mol. The SMILES string of the molecule is CC(=O)c1nn(CC(=O)N(CC(=O)Nc2cccc(Cl)n2)C2CC2)c2ccc(NC(=O)Nc3ccc[nH]3)cc12. The van der Waals surface area contributed by atoms with E-state index < -0.39 is 11.9 Å². The van der Waals surface area contributed by atoms with Gasteiger partial charge in [-0.1, -0.05) is 17.7 Å². The maximum Gasteiger partial charge on any atom is 0.324 e. The third kappa shape index (κ3) is 6.24. The van der Waals surface area contributed by atoms with Crippen molar-refractivity contribution in [3.63, 3.8) is 0 Å². The predicted octanol–water partition coefficient (Wildman–Crippen LogP) is 3.89. The summed E-state index contributed by atoms with van der Waals surface area (Å²) in [6.45, 7) is 1.07. The van der Waals surface area contributed by atoms with Crippen LogP contribution in [-0.2, 0) is 16.1 Å². The normalized spacial score (nSPS) is 12.7. The molecule has 3 aromatic heterocycles.